The van der Waals surface area contributed by atoms with E-state index < -0.39 is 30.4 Å². The monoisotopic (exact) mass is 338 g/mol. The van der Waals surface area contributed by atoms with E-state index >= 15 is 0 Å². The molecule has 120 valence electrons. The summed E-state index contributed by atoms with van der Waals surface area (Å²) in [6.07, 6.45) is 1.02. The Balaban J connectivity index is 3.09. The zero-order chi connectivity index (χ0) is 16.6. The minimum Gasteiger partial charge on any atom is -0.398 e. The number of anilines is 1. The first-order valence-electron chi connectivity index (χ1n) is 6.03. The van der Waals surface area contributed by atoms with E-state index in [1.54, 1.807) is 0 Å². The van der Waals surface area contributed by atoms with Crippen molar-refractivity contribution in [2.24, 2.45) is 0 Å². The van der Waals surface area contributed by atoms with Gasteiger partial charge in [-0.15, -0.1) is 0 Å². The van der Waals surface area contributed by atoms with Gasteiger partial charge in [-0.3, -0.25) is 0 Å². The van der Waals surface area contributed by atoms with Crippen LogP contribution < -0.4 is 10.5 Å². The first-order chi connectivity index (χ1) is 9.28. The molecule has 9 heteroatoms. The maximum Gasteiger partial charge on any atom is 0.240 e. The van der Waals surface area contributed by atoms with E-state index in [0.717, 1.165) is 18.4 Å². The van der Waals surface area contributed by atoms with Crippen molar-refractivity contribution in [2.45, 2.75) is 30.4 Å². The molecule has 0 saturated carbocycles. The van der Waals surface area contributed by atoms with Crippen LogP contribution in [-0.4, -0.2) is 34.4 Å². The Hall–Kier alpha value is -1.19. The molecule has 6 nitrogen and oxygen atoms in total. The van der Waals surface area contributed by atoms with E-state index in [4.69, 9.17) is 5.73 Å². The Bertz CT molecular complexity index is 732. The molecule has 1 rings (SSSR count). The van der Waals surface area contributed by atoms with E-state index in [1.165, 1.54) is 20.8 Å². The van der Waals surface area contributed by atoms with Crippen LogP contribution in [0.15, 0.2) is 17.0 Å². The lowest BCUT2D eigenvalue weighted by Crippen LogP contribution is -2.43. The molecular weight excluding hydrogens is 319 g/mol. The normalized spacial score (nSPS) is 13.4. The molecular formula is C12H19FN2O4S2. The van der Waals surface area contributed by atoms with Crippen LogP contribution in [0.25, 0.3) is 0 Å². The highest BCUT2D eigenvalue weighted by atomic mass is 32.2. The number of hydrogen-bond acceptors (Lipinski definition) is 5. The largest absolute Gasteiger partial charge is 0.398 e. The molecule has 1 aromatic rings. The number of hydrogen-bond donors (Lipinski definition) is 2. The molecule has 3 N–H and O–H groups in total. The molecule has 0 aliphatic heterocycles. The molecule has 0 saturated heterocycles. The van der Waals surface area contributed by atoms with Gasteiger partial charge in [-0.05, 0) is 32.9 Å². The highest BCUT2D eigenvalue weighted by Crippen LogP contribution is 2.21. The Kier molecular flexibility index (Phi) is 4.71. The first kappa shape index (κ1) is 17.9. The van der Waals surface area contributed by atoms with Gasteiger partial charge < -0.3 is 5.73 Å². The summed E-state index contributed by atoms with van der Waals surface area (Å²) in [4.78, 5) is -0.340. The van der Waals surface area contributed by atoms with Crippen LogP contribution >= 0.6 is 0 Å². The van der Waals surface area contributed by atoms with E-state index in [2.05, 4.69) is 4.72 Å². The molecule has 0 aliphatic rings. The Morgan fingerprint density at radius 3 is 2.19 bits per heavy atom. The van der Waals surface area contributed by atoms with Crippen molar-refractivity contribution < 1.29 is 21.2 Å². The van der Waals surface area contributed by atoms with Crippen molar-refractivity contribution in [3.8, 4) is 0 Å². The summed E-state index contributed by atoms with van der Waals surface area (Å²) in [5, 5.41) is 0. The fourth-order valence-corrected chi connectivity index (χ4v) is 3.00. The predicted molar refractivity (Wildman–Crippen MR) is 79.7 cm³/mol. The average Bonchev–Trinajstić information content (AvgIpc) is 2.31. The van der Waals surface area contributed by atoms with E-state index in [1.807, 2.05) is 0 Å². The molecule has 0 fully saturated rings. The van der Waals surface area contributed by atoms with Gasteiger partial charge in [-0.2, -0.15) is 0 Å². The molecule has 21 heavy (non-hydrogen) atoms. The van der Waals surface area contributed by atoms with Crippen molar-refractivity contribution in [3.63, 3.8) is 0 Å². The van der Waals surface area contributed by atoms with Crippen LogP contribution in [-0.2, 0) is 19.9 Å². The van der Waals surface area contributed by atoms with Crippen molar-refractivity contribution in [3.05, 3.63) is 23.5 Å². The van der Waals surface area contributed by atoms with Gasteiger partial charge in [0, 0.05) is 24.1 Å². The van der Waals surface area contributed by atoms with Crippen LogP contribution in [0.2, 0.25) is 0 Å². The van der Waals surface area contributed by atoms with Crippen LogP contribution in [0.1, 0.15) is 19.4 Å². The lowest BCUT2D eigenvalue weighted by atomic mass is 10.2. The summed E-state index contributed by atoms with van der Waals surface area (Å²) in [6, 6.07) is 1.98. The number of benzene rings is 1. The molecule has 0 atom stereocenters. The van der Waals surface area contributed by atoms with Crippen LogP contribution in [0.3, 0.4) is 0 Å². The average molecular weight is 338 g/mol. The number of nitrogen functional groups attached to an aromatic ring is 1. The molecule has 0 aliphatic carbocycles. The Morgan fingerprint density at radius 1 is 1.24 bits per heavy atom. The quantitative estimate of drug-likeness (QED) is 0.773. The molecule has 0 bridgehead atoms. The van der Waals surface area contributed by atoms with Gasteiger partial charge in [-0.1, -0.05) is 0 Å². The molecule has 0 amide bonds. The standard InChI is InChI=1S/C12H19FN2O4S2/c1-8-10(13)5-9(6-11(8)14)21(18,19)15-7-12(2,3)20(4,16)17/h5-6,15H,7,14H2,1-4H3. The lowest BCUT2D eigenvalue weighted by molar-refractivity contribution is 0.536. The summed E-state index contributed by atoms with van der Waals surface area (Å²) >= 11 is 0. The van der Waals surface area contributed by atoms with Crippen molar-refractivity contribution in [1.82, 2.24) is 4.72 Å². The lowest BCUT2D eigenvalue weighted by Gasteiger charge is -2.22. The van der Waals surface area contributed by atoms with Crippen LogP contribution in [0, 0.1) is 12.7 Å². The number of halogens is 1. The fourth-order valence-electron chi connectivity index (χ4n) is 1.31. The van der Waals surface area contributed by atoms with E-state index in [9.17, 15) is 21.2 Å². The molecule has 0 spiro atoms. The van der Waals surface area contributed by atoms with Gasteiger partial charge in [0.25, 0.3) is 0 Å². The third-order valence-corrected chi connectivity index (χ3v) is 6.89. The number of rotatable bonds is 5. The second-order valence-electron chi connectivity index (χ2n) is 5.48. The summed E-state index contributed by atoms with van der Waals surface area (Å²) in [7, 11) is -7.51. The van der Waals surface area contributed by atoms with Crippen molar-refractivity contribution >= 4 is 25.5 Å². The number of sulfone groups is 1. The zero-order valence-corrected chi connectivity index (χ0v) is 13.9. The number of nitrogens with two attached hydrogens (primary N) is 1. The molecule has 0 unspecified atom stereocenters. The minimum absolute atomic E-state index is 0.0118. The van der Waals surface area contributed by atoms with Gasteiger partial charge in [0.05, 0.1) is 9.64 Å². The molecule has 0 radical (unpaired) electrons. The topological polar surface area (TPSA) is 106 Å². The maximum atomic E-state index is 13.6. The molecule has 0 heterocycles. The highest BCUT2D eigenvalue weighted by molar-refractivity contribution is 7.92. The smallest absolute Gasteiger partial charge is 0.240 e. The summed E-state index contributed by atoms with van der Waals surface area (Å²) < 4.78 is 61.7. The zero-order valence-electron chi connectivity index (χ0n) is 12.3. The minimum atomic E-state index is -4.05. The van der Waals surface area contributed by atoms with Crippen molar-refractivity contribution in [1.29, 1.82) is 0 Å². The second kappa shape index (κ2) is 5.54. The Morgan fingerprint density at radius 2 is 1.76 bits per heavy atom. The van der Waals surface area contributed by atoms with Crippen LogP contribution in [0.4, 0.5) is 10.1 Å². The predicted octanol–water partition coefficient (Wildman–Crippen LogP) is 0.818. The first-order valence-corrected chi connectivity index (χ1v) is 9.40. The highest BCUT2D eigenvalue weighted by Gasteiger charge is 2.32. The van der Waals surface area contributed by atoms with Gasteiger partial charge in [0.1, 0.15) is 5.82 Å². The van der Waals surface area contributed by atoms with Gasteiger partial charge in [0.15, 0.2) is 9.84 Å². The van der Waals surface area contributed by atoms with Crippen LogP contribution in [0.5, 0.6) is 0 Å². The second-order valence-corrected chi connectivity index (χ2v) is 9.89. The fraction of sp³-hybridized carbons (Fsp3) is 0.500. The summed E-state index contributed by atoms with van der Waals surface area (Å²) in [6.45, 7) is 3.90. The molecule has 0 aromatic heterocycles. The van der Waals surface area contributed by atoms with Gasteiger partial charge >= 0.3 is 0 Å². The van der Waals surface area contributed by atoms with E-state index in [0.29, 0.717) is 0 Å². The third-order valence-electron chi connectivity index (χ3n) is 3.36. The van der Waals surface area contributed by atoms with Gasteiger partial charge in [0.2, 0.25) is 10.0 Å². The third kappa shape index (κ3) is 3.92. The maximum absolute atomic E-state index is 13.6. The SMILES string of the molecule is Cc1c(N)cc(S(=O)(=O)NCC(C)(C)S(C)(=O)=O)cc1F. The number of nitrogens with one attached hydrogen (secondary N) is 1. The number of sulfonamides is 1. The van der Waals surface area contributed by atoms with Crippen molar-refractivity contribution in [2.75, 3.05) is 18.5 Å². The summed E-state index contributed by atoms with van der Waals surface area (Å²) in [5.41, 5.74) is 5.71. The summed E-state index contributed by atoms with van der Waals surface area (Å²) in [5.74, 6) is -0.738. The Labute approximate surface area is 124 Å². The molecule has 1 aromatic carbocycles. The van der Waals surface area contributed by atoms with E-state index in [-0.39, 0.29) is 22.7 Å². The van der Waals surface area contributed by atoms with Gasteiger partial charge in [-0.25, -0.2) is 25.9 Å².